The molecule has 15 heavy (non-hydrogen) atoms. The summed E-state index contributed by atoms with van der Waals surface area (Å²) in [4.78, 5) is 18.7. The van der Waals surface area contributed by atoms with Gasteiger partial charge in [0.15, 0.2) is 0 Å². The number of H-pyrrole nitrogens is 1. The van der Waals surface area contributed by atoms with Crippen molar-refractivity contribution in [3.63, 3.8) is 0 Å². The Hall–Kier alpha value is -1.52. The molecule has 1 aliphatic heterocycles. The molecule has 0 aromatic carbocycles. The molecular weight excluding hydrogens is 192 g/mol. The number of aromatic nitrogens is 2. The van der Waals surface area contributed by atoms with E-state index in [1.165, 1.54) is 0 Å². The summed E-state index contributed by atoms with van der Waals surface area (Å²) in [5.74, 6) is 1.79. The van der Waals surface area contributed by atoms with Crippen molar-refractivity contribution in [3.05, 3.63) is 15.9 Å². The van der Waals surface area contributed by atoms with Crippen molar-refractivity contribution < 1.29 is 0 Å². The summed E-state index contributed by atoms with van der Waals surface area (Å²) in [6.07, 6.45) is 1.91. The molecule has 82 valence electrons. The standard InChI is InChI=1S/C10H16N4O/c1-3-6-4-7-8(12-5-6)13-10(11-2)14-9(7)15/h6H,3-5H2,1-2H3,(H3,11,12,13,14,15). The van der Waals surface area contributed by atoms with Gasteiger partial charge >= 0.3 is 0 Å². The average molecular weight is 208 g/mol. The van der Waals surface area contributed by atoms with E-state index in [2.05, 4.69) is 27.5 Å². The van der Waals surface area contributed by atoms with Crippen molar-refractivity contribution in [1.29, 1.82) is 0 Å². The van der Waals surface area contributed by atoms with Gasteiger partial charge in [0, 0.05) is 13.6 Å². The topological polar surface area (TPSA) is 69.8 Å². The molecule has 1 aromatic rings. The maximum atomic E-state index is 11.7. The summed E-state index contributed by atoms with van der Waals surface area (Å²) < 4.78 is 0. The summed E-state index contributed by atoms with van der Waals surface area (Å²) in [5.41, 5.74) is 0.752. The number of rotatable bonds is 2. The van der Waals surface area contributed by atoms with Gasteiger partial charge in [0.25, 0.3) is 5.56 Å². The monoisotopic (exact) mass is 208 g/mol. The fourth-order valence-corrected chi connectivity index (χ4v) is 1.84. The number of nitrogens with one attached hydrogen (secondary N) is 3. The number of fused-ring (bicyclic) bond motifs is 1. The molecule has 2 heterocycles. The largest absolute Gasteiger partial charge is 0.369 e. The molecule has 1 atom stereocenters. The minimum Gasteiger partial charge on any atom is -0.369 e. The molecule has 0 aliphatic carbocycles. The lowest BCUT2D eigenvalue weighted by molar-refractivity contribution is 0.515. The van der Waals surface area contributed by atoms with Crippen LogP contribution in [-0.4, -0.2) is 23.6 Å². The van der Waals surface area contributed by atoms with E-state index in [4.69, 9.17) is 0 Å². The normalized spacial score (nSPS) is 19.2. The van der Waals surface area contributed by atoms with Crippen LogP contribution in [0.5, 0.6) is 0 Å². The van der Waals surface area contributed by atoms with Gasteiger partial charge in [0.2, 0.25) is 5.95 Å². The smallest absolute Gasteiger partial charge is 0.257 e. The van der Waals surface area contributed by atoms with Crippen molar-refractivity contribution in [3.8, 4) is 0 Å². The summed E-state index contributed by atoms with van der Waals surface area (Å²) >= 11 is 0. The minimum atomic E-state index is -0.0324. The Kier molecular flexibility index (Phi) is 2.62. The third-order valence-corrected chi connectivity index (χ3v) is 2.88. The lowest BCUT2D eigenvalue weighted by atomic mass is 9.95. The average Bonchev–Trinajstić information content (AvgIpc) is 2.28. The second-order valence-corrected chi connectivity index (χ2v) is 3.85. The van der Waals surface area contributed by atoms with Gasteiger partial charge in [-0.1, -0.05) is 13.3 Å². The third kappa shape index (κ3) is 1.82. The number of aromatic amines is 1. The molecule has 1 aromatic heterocycles. The highest BCUT2D eigenvalue weighted by Crippen LogP contribution is 2.21. The molecule has 0 fully saturated rings. The van der Waals surface area contributed by atoms with Crippen LogP contribution in [0.1, 0.15) is 18.9 Å². The zero-order valence-electron chi connectivity index (χ0n) is 9.05. The van der Waals surface area contributed by atoms with Crippen molar-refractivity contribution in [1.82, 2.24) is 9.97 Å². The predicted molar refractivity (Wildman–Crippen MR) is 60.4 cm³/mol. The molecule has 0 amide bonds. The summed E-state index contributed by atoms with van der Waals surface area (Å²) in [6, 6.07) is 0. The highest BCUT2D eigenvalue weighted by Gasteiger charge is 2.21. The Morgan fingerprint density at radius 2 is 2.40 bits per heavy atom. The maximum Gasteiger partial charge on any atom is 0.257 e. The van der Waals surface area contributed by atoms with Crippen LogP contribution in [-0.2, 0) is 6.42 Å². The maximum absolute atomic E-state index is 11.7. The van der Waals surface area contributed by atoms with Gasteiger partial charge in [-0.25, -0.2) is 0 Å². The van der Waals surface area contributed by atoms with Gasteiger partial charge in [0.1, 0.15) is 5.82 Å². The first-order chi connectivity index (χ1) is 7.24. The number of anilines is 2. The van der Waals surface area contributed by atoms with E-state index in [-0.39, 0.29) is 5.56 Å². The molecule has 3 N–H and O–H groups in total. The molecule has 5 heteroatoms. The van der Waals surface area contributed by atoms with Gasteiger partial charge in [-0.3, -0.25) is 9.78 Å². The fraction of sp³-hybridized carbons (Fsp3) is 0.600. The van der Waals surface area contributed by atoms with E-state index in [0.717, 1.165) is 30.8 Å². The molecule has 0 radical (unpaired) electrons. The Bertz CT molecular complexity index is 412. The SMILES string of the molecule is CCC1CNc2nc(NC)[nH]c(=O)c2C1. The summed E-state index contributed by atoms with van der Waals surface area (Å²) in [6.45, 7) is 3.05. The molecule has 0 saturated heterocycles. The third-order valence-electron chi connectivity index (χ3n) is 2.88. The van der Waals surface area contributed by atoms with Crippen LogP contribution in [0.2, 0.25) is 0 Å². The summed E-state index contributed by atoms with van der Waals surface area (Å²) in [5, 5.41) is 6.04. The Labute approximate surface area is 88.3 Å². The van der Waals surface area contributed by atoms with Crippen molar-refractivity contribution in [2.24, 2.45) is 5.92 Å². The van der Waals surface area contributed by atoms with Crippen LogP contribution in [0.3, 0.4) is 0 Å². The first kappa shape index (κ1) is 10.0. The van der Waals surface area contributed by atoms with Crippen molar-refractivity contribution in [2.75, 3.05) is 24.2 Å². The van der Waals surface area contributed by atoms with Crippen molar-refractivity contribution in [2.45, 2.75) is 19.8 Å². The predicted octanol–water partition coefficient (Wildman–Crippen LogP) is 0.806. The first-order valence-electron chi connectivity index (χ1n) is 5.29. The van der Waals surface area contributed by atoms with E-state index in [1.807, 2.05) is 0 Å². The molecule has 2 rings (SSSR count). The van der Waals surface area contributed by atoms with Crippen LogP contribution in [0.25, 0.3) is 0 Å². The number of hydrogen-bond acceptors (Lipinski definition) is 4. The molecular formula is C10H16N4O. The van der Waals surface area contributed by atoms with E-state index < -0.39 is 0 Å². The van der Waals surface area contributed by atoms with Crippen LogP contribution < -0.4 is 16.2 Å². The van der Waals surface area contributed by atoms with E-state index in [0.29, 0.717) is 11.9 Å². The molecule has 1 aliphatic rings. The first-order valence-corrected chi connectivity index (χ1v) is 5.29. The van der Waals surface area contributed by atoms with Crippen molar-refractivity contribution >= 4 is 11.8 Å². The Morgan fingerprint density at radius 3 is 3.07 bits per heavy atom. The second kappa shape index (κ2) is 3.92. The van der Waals surface area contributed by atoms with Crippen LogP contribution >= 0.6 is 0 Å². The summed E-state index contributed by atoms with van der Waals surface area (Å²) in [7, 11) is 1.74. The highest BCUT2D eigenvalue weighted by atomic mass is 16.1. The zero-order chi connectivity index (χ0) is 10.8. The zero-order valence-corrected chi connectivity index (χ0v) is 9.05. The van der Waals surface area contributed by atoms with Crippen LogP contribution in [0.4, 0.5) is 11.8 Å². The molecule has 0 spiro atoms. The van der Waals surface area contributed by atoms with Gasteiger partial charge < -0.3 is 10.6 Å². The Balaban J connectivity index is 2.39. The van der Waals surface area contributed by atoms with Crippen LogP contribution in [0.15, 0.2) is 4.79 Å². The lowest BCUT2D eigenvalue weighted by Crippen LogP contribution is -2.30. The second-order valence-electron chi connectivity index (χ2n) is 3.85. The van der Waals surface area contributed by atoms with E-state index in [1.54, 1.807) is 7.05 Å². The molecule has 1 unspecified atom stereocenters. The molecule has 5 nitrogen and oxygen atoms in total. The number of hydrogen-bond donors (Lipinski definition) is 3. The fourth-order valence-electron chi connectivity index (χ4n) is 1.84. The Morgan fingerprint density at radius 1 is 1.60 bits per heavy atom. The molecule has 0 bridgehead atoms. The van der Waals surface area contributed by atoms with Gasteiger partial charge in [0.05, 0.1) is 5.56 Å². The quantitative estimate of drug-likeness (QED) is 0.672. The molecule has 0 saturated carbocycles. The highest BCUT2D eigenvalue weighted by molar-refractivity contribution is 5.49. The lowest BCUT2D eigenvalue weighted by Gasteiger charge is -2.23. The minimum absolute atomic E-state index is 0.0324. The van der Waals surface area contributed by atoms with E-state index >= 15 is 0 Å². The van der Waals surface area contributed by atoms with E-state index in [9.17, 15) is 4.79 Å². The van der Waals surface area contributed by atoms with Gasteiger partial charge in [-0.15, -0.1) is 0 Å². The van der Waals surface area contributed by atoms with Gasteiger partial charge in [-0.05, 0) is 12.3 Å². The van der Waals surface area contributed by atoms with Gasteiger partial charge in [-0.2, -0.15) is 4.98 Å². The van der Waals surface area contributed by atoms with Crippen LogP contribution in [0, 0.1) is 5.92 Å². The number of nitrogens with zero attached hydrogens (tertiary/aromatic N) is 1.